The first kappa shape index (κ1) is 18.5. The van der Waals surface area contributed by atoms with Crippen LogP contribution in [0.2, 0.25) is 0 Å². The van der Waals surface area contributed by atoms with Crippen molar-refractivity contribution in [3.05, 3.63) is 59.9 Å². The summed E-state index contributed by atoms with van der Waals surface area (Å²) in [5.41, 5.74) is 2.38. The Morgan fingerprint density at radius 1 is 1.00 bits per heavy atom. The molecule has 2 aromatic rings. The molecule has 0 aliphatic rings. The fourth-order valence-corrected chi connectivity index (χ4v) is 3.70. The van der Waals surface area contributed by atoms with Crippen LogP contribution < -0.4 is 10.2 Å². The Balaban J connectivity index is 2.38. The van der Waals surface area contributed by atoms with Crippen LogP contribution in [0.5, 0.6) is 0 Å². The van der Waals surface area contributed by atoms with Crippen molar-refractivity contribution in [2.75, 3.05) is 38.5 Å². The molecule has 0 heterocycles. The molecular weight excluding hydrogens is 330 g/mol. The van der Waals surface area contributed by atoms with Gasteiger partial charge in [-0.05, 0) is 42.0 Å². The average Bonchev–Trinajstić information content (AvgIpc) is 2.60. The van der Waals surface area contributed by atoms with Crippen molar-refractivity contribution < 1.29 is 18.0 Å². The highest BCUT2D eigenvalue weighted by Crippen LogP contribution is 2.59. The predicted octanol–water partition coefficient (Wildman–Crippen LogP) is 4.49. The van der Waals surface area contributed by atoms with Gasteiger partial charge in [0, 0.05) is 39.7 Å². The van der Waals surface area contributed by atoms with Gasteiger partial charge in [-0.15, -0.1) is 0 Å². The summed E-state index contributed by atoms with van der Waals surface area (Å²) >= 11 is 0. The molecule has 2 rings (SSSR count). The van der Waals surface area contributed by atoms with Crippen molar-refractivity contribution in [3.63, 3.8) is 0 Å². The van der Waals surface area contributed by atoms with E-state index in [-0.39, 0.29) is 5.82 Å². The molecule has 0 radical (unpaired) electrons. The van der Waals surface area contributed by atoms with Gasteiger partial charge in [0.2, 0.25) is 0 Å². The molecule has 1 N–H and O–H groups in total. The Labute approximate surface area is 141 Å². The third-order valence-electron chi connectivity index (χ3n) is 3.70. The fraction of sp³-hybridized carbons (Fsp3) is 0.294. The number of anilines is 2. The van der Waals surface area contributed by atoms with Crippen molar-refractivity contribution in [1.29, 1.82) is 0 Å². The van der Waals surface area contributed by atoms with Crippen molar-refractivity contribution >= 4 is 19.0 Å². The first-order chi connectivity index (χ1) is 11.4. The Morgan fingerprint density at radius 2 is 1.54 bits per heavy atom. The molecule has 7 heteroatoms. The minimum absolute atomic E-state index is 0.339. The molecule has 24 heavy (non-hydrogen) atoms. The van der Waals surface area contributed by atoms with Crippen LogP contribution in [0.1, 0.15) is 11.3 Å². The molecule has 0 aromatic heterocycles. The van der Waals surface area contributed by atoms with Gasteiger partial charge in [-0.1, -0.05) is 12.1 Å². The number of benzene rings is 2. The van der Waals surface area contributed by atoms with Crippen LogP contribution in [0.15, 0.2) is 48.5 Å². The number of hydrogen-bond acceptors (Lipinski definition) is 5. The minimum atomic E-state index is -3.45. The maximum Gasteiger partial charge on any atom is 0.356 e. The van der Waals surface area contributed by atoms with E-state index in [9.17, 15) is 8.96 Å². The van der Waals surface area contributed by atoms with Crippen molar-refractivity contribution in [3.8, 4) is 0 Å². The van der Waals surface area contributed by atoms with Gasteiger partial charge in [-0.3, -0.25) is 4.57 Å². The van der Waals surface area contributed by atoms with Crippen LogP contribution >= 0.6 is 7.60 Å². The highest BCUT2D eigenvalue weighted by molar-refractivity contribution is 7.54. The van der Waals surface area contributed by atoms with E-state index in [0.717, 1.165) is 11.3 Å². The first-order valence-corrected chi connectivity index (χ1v) is 9.01. The lowest BCUT2D eigenvalue weighted by atomic mass is 10.2. The Bertz CT molecular complexity index is 697. The van der Waals surface area contributed by atoms with Crippen molar-refractivity contribution in [2.45, 2.75) is 5.78 Å². The zero-order valence-corrected chi connectivity index (χ0v) is 15.1. The van der Waals surface area contributed by atoms with Crippen LogP contribution in [-0.2, 0) is 13.6 Å². The van der Waals surface area contributed by atoms with E-state index < -0.39 is 13.4 Å². The largest absolute Gasteiger partial charge is 0.378 e. The summed E-state index contributed by atoms with van der Waals surface area (Å²) < 4.78 is 36.4. The predicted molar refractivity (Wildman–Crippen MR) is 95.2 cm³/mol. The fourth-order valence-electron chi connectivity index (χ4n) is 2.29. The zero-order chi connectivity index (χ0) is 17.7. The summed E-state index contributed by atoms with van der Waals surface area (Å²) in [5, 5.41) is 3.12. The lowest BCUT2D eigenvalue weighted by molar-refractivity contribution is 0.268. The highest BCUT2D eigenvalue weighted by Gasteiger charge is 2.35. The Hall–Kier alpha value is -1.88. The maximum atomic E-state index is 13.1. The van der Waals surface area contributed by atoms with Crippen LogP contribution in [-0.4, -0.2) is 28.3 Å². The van der Waals surface area contributed by atoms with E-state index in [2.05, 4.69) is 5.32 Å². The molecular formula is C17H22FN2O3P. The number of nitrogens with one attached hydrogen (secondary N) is 1. The normalized spacial score (nSPS) is 12.7. The first-order valence-electron chi connectivity index (χ1n) is 7.40. The monoisotopic (exact) mass is 352 g/mol. The Morgan fingerprint density at radius 3 is 2.00 bits per heavy atom. The summed E-state index contributed by atoms with van der Waals surface area (Å²) in [7, 11) is 3.13. The molecule has 0 fully saturated rings. The molecule has 5 nitrogen and oxygen atoms in total. The SMILES string of the molecule is COP(=O)(OC)C(Nc1ccc(F)cc1)c1ccc(N(C)C)cc1. The number of halogens is 1. The summed E-state index contributed by atoms with van der Waals surface area (Å²) in [6.45, 7) is 0. The van der Waals surface area contributed by atoms with E-state index in [4.69, 9.17) is 9.05 Å². The molecule has 1 atom stereocenters. The smallest absolute Gasteiger partial charge is 0.356 e. The lowest BCUT2D eigenvalue weighted by Crippen LogP contribution is -2.14. The zero-order valence-electron chi connectivity index (χ0n) is 14.2. The molecule has 0 bridgehead atoms. The van der Waals surface area contributed by atoms with Crippen LogP contribution in [0.25, 0.3) is 0 Å². The Kier molecular flexibility index (Phi) is 5.99. The summed E-state index contributed by atoms with van der Waals surface area (Å²) in [6, 6.07) is 13.4. The summed E-state index contributed by atoms with van der Waals surface area (Å²) in [4.78, 5) is 1.97. The molecule has 0 aliphatic carbocycles. The van der Waals surface area contributed by atoms with E-state index in [0.29, 0.717) is 5.69 Å². The third kappa shape index (κ3) is 4.15. The van der Waals surface area contributed by atoms with Gasteiger partial charge >= 0.3 is 7.60 Å². The molecule has 2 aromatic carbocycles. The van der Waals surface area contributed by atoms with Gasteiger partial charge in [0.15, 0.2) is 5.78 Å². The van der Waals surface area contributed by atoms with Gasteiger partial charge in [-0.25, -0.2) is 4.39 Å². The standard InChI is InChI=1S/C17H22FN2O3P/c1-20(2)16-11-5-13(6-12-16)17(24(21,22-3)23-4)19-15-9-7-14(18)8-10-15/h5-12,17,19H,1-4H3. The maximum absolute atomic E-state index is 13.1. The van der Waals surface area contributed by atoms with Crippen LogP contribution in [0.4, 0.5) is 15.8 Å². The van der Waals surface area contributed by atoms with Crippen LogP contribution in [0, 0.1) is 5.82 Å². The molecule has 0 spiro atoms. The van der Waals surface area contributed by atoms with Crippen molar-refractivity contribution in [1.82, 2.24) is 0 Å². The van der Waals surface area contributed by atoms with E-state index >= 15 is 0 Å². The summed E-state index contributed by atoms with van der Waals surface area (Å²) in [5.74, 6) is -1.05. The highest BCUT2D eigenvalue weighted by atomic mass is 31.2. The lowest BCUT2D eigenvalue weighted by Gasteiger charge is -2.27. The van der Waals surface area contributed by atoms with E-state index in [1.165, 1.54) is 26.4 Å². The molecule has 0 amide bonds. The van der Waals surface area contributed by atoms with Crippen molar-refractivity contribution in [2.24, 2.45) is 0 Å². The topological polar surface area (TPSA) is 50.8 Å². The van der Waals surface area contributed by atoms with Gasteiger partial charge < -0.3 is 19.3 Å². The van der Waals surface area contributed by atoms with Gasteiger partial charge in [0.25, 0.3) is 0 Å². The third-order valence-corrected chi connectivity index (χ3v) is 5.78. The number of hydrogen-bond donors (Lipinski definition) is 1. The minimum Gasteiger partial charge on any atom is -0.378 e. The second-order valence-electron chi connectivity index (χ2n) is 5.44. The number of rotatable bonds is 7. The van der Waals surface area contributed by atoms with E-state index in [1.54, 1.807) is 12.1 Å². The summed E-state index contributed by atoms with van der Waals surface area (Å²) in [6.07, 6.45) is 0. The van der Waals surface area contributed by atoms with Gasteiger partial charge in [-0.2, -0.15) is 0 Å². The molecule has 1 unspecified atom stereocenters. The van der Waals surface area contributed by atoms with Crippen LogP contribution in [0.3, 0.4) is 0 Å². The second-order valence-corrected chi connectivity index (χ2v) is 7.77. The van der Waals surface area contributed by atoms with E-state index in [1.807, 2.05) is 43.3 Å². The number of nitrogens with zero attached hydrogens (tertiary/aromatic N) is 1. The van der Waals surface area contributed by atoms with Gasteiger partial charge in [0.05, 0.1) is 0 Å². The molecule has 0 saturated heterocycles. The average molecular weight is 352 g/mol. The molecule has 0 saturated carbocycles. The quantitative estimate of drug-likeness (QED) is 0.744. The second kappa shape index (κ2) is 7.79. The van der Waals surface area contributed by atoms with Gasteiger partial charge in [0.1, 0.15) is 5.82 Å². The molecule has 130 valence electrons. The molecule has 0 aliphatic heterocycles.